The minimum Gasteiger partial charge on any atom is -0.493 e. The van der Waals surface area contributed by atoms with E-state index in [1.165, 1.54) is 0 Å². The van der Waals surface area contributed by atoms with Crippen LogP contribution in [0.3, 0.4) is 0 Å². The molecule has 195 valence electrons. The fraction of sp³-hybridized carbons (Fsp3) is 0.150. The Bertz CT molecular complexity index is 1360. The van der Waals surface area contributed by atoms with Gasteiger partial charge in [0.15, 0.2) is 29.1 Å². The second-order valence-corrected chi connectivity index (χ2v) is 6.91. The number of benzene rings is 2. The molecule has 0 saturated heterocycles. The third kappa shape index (κ3) is 4.76. The maximum absolute atomic E-state index is 14.3. The normalized spacial score (nSPS) is 11.7. The summed E-state index contributed by atoms with van der Waals surface area (Å²) in [7, 11) is 0. The largest absolute Gasteiger partial charge is 0.493 e. The molecule has 5 nitrogen and oxygen atoms in total. The molecular weight excluding hydrogens is 568 g/mol. The van der Waals surface area contributed by atoms with Crippen LogP contribution < -0.4 is 0 Å². The molecule has 0 spiro atoms. The minimum atomic E-state index is -5.32. The molecule has 1 N–H and O–H groups in total. The molecule has 0 saturated carbocycles. The number of carbonyl (C=O) groups excluding carboxylic acids is 1. The molecule has 16 heteroatoms. The van der Waals surface area contributed by atoms with Crippen LogP contribution in [0.15, 0.2) is 18.2 Å². The number of halogens is 10. The van der Waals surface area contributed by atoms with E-state index in [-0.39, 0.29) is 39.9 Å². The summed E-state index contributed by atoms with van der Waals surface area (Å²) in [5.41, 5.74) is -10.2. The van der Waals surface area contributed by atoms with Gasteiger partial charge >= 0.3 is 12.4 Å². The number of carbonyl (C=O) groups is 1. The molecule has 1 aromatic heterocycles. The van der Waals surface area contributed by atoms with E-state index in [0.29, 0.717) is 0 Å². The molecule has 0 aliphatic rings. The van der Waals surface area contributed by atoms with Crippen LogP contribution in [-0.2, 0) is 29.4 Å². The quantitative estimate of drug-likeness (QED) is 0.192. The third-order valence-electron chi connectivity index (χ3n) is 4.68. The minimum absolute atomic E-state index is 0. The molecule has 0 amide bonds. The molecule has 0 bridgehead atoms. The SMILES string of the molecule is Cc1nn(-c2c(F)c(F)c(C#N)c(F)c2F)c(O)c1C(=O)c1cc(C(F)(F)F)cc(C(F)(F)F)c1.[Cu]. The van der Waals surface area contributed by atoms with Gasteiger partial charge in [-0.3, -0.25) is 4.79 Å². The number of hydrogen-bond donors (Lipinski definition) is 1. The summed E-state index contributed by atoms with van der Waals surface area (Å²) in [4.78, 5) is 12.8. The number of nitriles is 1. The summed E-state index contributed by atoms with van der Waals surface area (Å²) in [5.74, 6) is -12.1. The zero-order valence-corrected chi connectivity index (χ0v) is 18.0. The number of rotatable bonds is 3. The maximum atomic E-state index is 14.3. The Labute approximate surface area is 204 Å². The Morgan fingerprint density at radius 3 is 1.75 bits per heavy atom. The molecule has 36 heavy (non-hydrogen) atoms. The molecule has 0 unspecified atom stereocenters. The van der Waals surface area contributed by atoms with Gasteiger partial charge in [0.05, 0.1) is 16.8 Å². The van der Waals surface area contributed by atoms with Gasteiger partial charge in [0, 0.05) is 22.6 Å². The van der Waals surface area contributed by atoms with Crippen molar-refractivity contribution >= 4 is 5.78 Å². The van der Waals surface area contributed by atoms with Gasteiger partial charge in [0.1, 0.15) is 22.9 Å². The predicted molar refractivity (Wildman–Crippen MR) is 94.4 cm³/mol. The first-order valence-electron chi connectivity index (χ1n) is 8.89. The molecule has 2 aromatic carbocycles. The van der Waals surface area contributed by atoms with Crippen LogP contribution in [0.5, 0.6) is 5.88 Å². The predicted octanol–water partition coefficient (Wildman–Crippen LogP) is 5.58. The van der Waals surface area contributed by atoms with Crippen molar-refractivity contribution in [2.45, 2.75) is 19.3 Å². The first-order chi connectivity index (χ1) is 16.0. The van der Waals surface area contributed by atoms with E-state index in [1.54, 1.807) is 0 Å². The van der Waals surface area contributed by atoms with E-state index in [1.807, 2.05) is 0 Å². The van der Waals surface area contributed by atoms with Gasteiger partial charge in [-0.2, -0.15) is 41.4 Å². The molecule has 0 atom stereocenters. The number of aromatic nitrogens is 2. The summed E-state index contributed by atoms with van der Waals surface area (Å²) in [6, 6.07) is 0.681. The van der Waals surface area contributed by atoms with E-state index in [4.69, 9.17) is 5.26 Å². The van der Waals surface area contributed by atoms with Gasteiger partial charge in [-0.1, -0.05) is 0 Å². The van der Waals surface area contributed by atoms with Crippen molar-refractivity contribution in [2.75, 3.05) is 0 Å². The van der Waals surface area contributed by atoms with Crippen LogP contribution in [0.2, 0.25) is 0 Å². The molecule has 3 aromatic rings. The second-order valence-electron chi connectivity index (χ2n) is 6.91. The average Bonchev–Trinajstić information content (AvgIpc) is 3.04. The average molecular weight is 575 g/mol. The number of aromatic hydroxyl groups is 1. The van der Waals surface area contributed by atoms with E-state index in [0.717, 1.165) is 13.0 Å². The van der Waals surface area contributed by atoms with Crippen molar-refractivity contribution in [2.24, 2.45) is 0 Å². The van der Waals surface area contributed by atoms with Crippen LogP contribution in [0.25, 0.3) is 5.69 Å². The van der Waals surface area contributed by atoms with Crippen molar-refractivity contribution in [1.29, 1.82) is 5.26 Å². The molecular formula is C20H7CuF10N3O2. The smallest absolute Gasteiger partial charge is 0.416 e. The van der Waals surface area contributed by atoms with Crippen LogP contribution in [-0.4, -0.2) is 20.7 Å². The molecule has 3 rings (SSSR count). The van der Waals surface area contributed by atoms with Crippen molar-refractivity contribution in [3.05, 3.63) is 75.0 Å². The Hall–Kier alpha value is -3.57. The Morgan fingerprint density at radius 2 is 1.36 bits per heavy atom. The van der Waals surface area contributed by atoms with Crippen LogP contribution >= 0.6 is 0 Å². The van der Waals surface area contributed by atoms with Crippen molar-refractivity contribution < 1.29 is 70.9 Å². The van der Waals surface area contributed by atoms with Crippen LogP contribution in [0, 0.1) is 41.5 Å². The van der Waals surface area contributed by atoms with Crippen LogP contribution in [0.1, 0.15) is 38.3 Å². The monoisotopic (exact) mass is 574 g/mol. The maximum Gasteiger partial charge on any atom is 0.416 e. The number of nitrogens with zero attached hydrogens (tertiary/aromatic N) is 3. The fourth-order valence-corrected chi connectivity index (χ4v) is 3.07. The van der Waals surface area contributed by atoms with Gasteiger partial charge in [0.25, 0.3) is 0 Å². The van der Waals surface area contributed by atoms with Gasteiger partial charge in [0.2, 0.25) is 5.88 Å². The van der Waals surface area contributed by atoms with E-state index in [9.17, 15) is 53.8 Å². The Balaban J connectivity index is 0.00000456. The summed E-state index contributed by atoms with van der Waals surface area (Å²) >= 11 is 0. The van der Waals surface area contributed by atoms with Crippen molar-refractivity contribution in [3.8, 4) is 17.6 Å². The summed E-state index contributed by atoms with van der Waals surface area (Å²) in [6.45, 7) is 0.869. The zero-order valence-electron chi connectivity index (χ0n) is 17.0. The second kappa shape index (κ2) is 9.47. The standard InChI is InChI=1S/C20H7F10N3O2.Cu/c1-6-11(17(34)7-2-8(19(25,26)27)4-9(3-7)20(28,29)30)18(35)33(32-6)16-14(23)12(21)10(5-31)13(22)15(16)24;/h2-4,35H,1H3;. The van der Waals surface area contributed by atoms with Crippen molar-refractivity contribution in [3.63, 3.8) is 0 Å². The zero-order chi connectivity index (χ0) is 26.6. The van der Waals surface area contributed by atoms with Gasteiger partial charge in [-0.15, -0.1) is 0 Å². The van der Waals surface area contributed by atoms with E-state index < -0.39 is 86.5 Å². The topological polar surface area (TPSA) is 78.9 Å². The van der Waals surface area contributed by atoms with Gasteiger partial charge in [-0.25, -0.2) is 17.6 Å². The van der Waals surface area contributed by atoms with Crippen molar-refractivity contribution in [1.82, 2.24) is 9.78 Å². The molecule has 1 radical (unpaired) electrons. The first-order valence-corrected chi connectivity index (χ1v) is 8.89. The Kier molecular flexibility index (Phi) is 7.54. The summed E-state index contributed by atoms with van der Waals surface area (Å²) in [5, 5.41) is 22.3. The number of alkyl halides is 6. The molecule has 0 aliphatic carbocycles. The third-order valence-corrected chi connectivity index (χ3v) is 4.68. The summed E-state index contributed by atoms with van der Waals surface area (Å²) in [6.07, 6.45) is -10.6. The number of aryl methyl sites for hydroxylation is 1. The van der Waals surface area contributed by atoms with Crippen LogP contribution in [0.4, 0.5) is 43.9 Å². The molecule has 0 aliphatic heterocycles. The fourth-order valence-electron chi connectivity index (χ4n) is 3.07. The summed E-state index contributed by atoms with van der Waals surface area (Å²) < 4.78 is 135. The number of hydrogen-bond acceptors (Lipinski definition) is 4. The molecule has 0 fully saturated rings. The molecule has 1 heterocycles. The van der Waals surface area contributed by atoms with Gasteiger partial charge in [-0.05, 0) is 25.1 Å². The van der Waals surface area contributed by atoms with E-state index in [2.05, 4.69) is 5.10 Å². The number of ketones is 1. The van der Waals surface area contributed by atoms with Gasteiger partial charge < -0.3 is 5.11 Å². The Morgan fingerprint density at radius 1 is 0.917 bits per heavy atom. The first kappa shape index (κ1) is 28.7. The van der Waals surface area contributed by atoms with E-state index >= 15 is 0 Å².